The standard InChI is InChI=1S/C13H24N3.W/c1-5-12-11-16(15-14-12)10-8-6-7-9-13(2,3)4;/h11H,1,5-10H2,2-4H3;/q-1;. The normalized spacial score (nSPS) is 11.3. The third-order valence-electron chi connectivity index (χ3n) is 2.66. The zero-order valence-electron chi connectivity index (χ0n) is 11.3. The van der Waals surface area contributed by atoms with Crippen LogP contribution in [0.4, 0.5) is 0 Å². The van der Waals surface area contributed by atoms with Crippen molar-refractivity contribution < 1.29 is 21.1 Å². The molecule has 0 aliphatic rings. The molecule has 0 bridgehead atoms. The van der Waals surface area contributed by atoms with Crippen molar-refractivity contribution in [1.29, 1.82) is 0 Å². The number of aromatic nitrogens is 3. The van der Waals surface area contributed by atoms with Crippen LogP contribution in [0.5, 0.6) is 0 Å². The number of unbranched alkanes of at least 4 members (excludes halogenated alkanes) is 2. The summed E-state index contributed by atoms with van der Waals surface area (Å²) in [6.07, 6.45) is 7.79. The molecule has 1 aromatic heterocycles. The van der Waals surface area contributed by atoms with E-state index >= 15 is 0 Å². The third-order valence-corrected chi connectivity index (χ3v) is 2.66. The molecule has 0 spiro atoms. The van der Waals surface area contributed by atoms with E-state index in [2.05, 4.69) is 38.0 Å². The first-order valence-electron chi connectivity index (χ1n) is 6.19. The maximum absolute atomic E-state index is 4.06. The average molecular weight is 406 g/mol. The van der Waals surface area contributed by atoms with E-state index in [9.17, 15) is 0 Å². The monoisotopic (exact) mass is 406 g/mol. The molecule has 0 aliphatic heterocycles. The molecule has 1 heterocycles. The van der Waals surface area contributed by atoms with E-state index < -0.39 is 0 Å². The Bertz CT molecular complexity index is 302. The summed E-state index contributed by atoms with van der Waals surface area (Å²) in [5, 5.41) is 8.08. The largest absolute Gasteiger partial charge is 0.337 e. The zero-order chi connectivity index (χ0) is 12.0. The Labute approximate surface area is 120 Å². The van der Waals surface area contributed by atoms with Crippen LogP contribution in [-0.4, -0.2) is 15.0 Å². The van der Waals surface area contributed by atoms with Gasteiger partial charge < -0.3 is 6.92 Å². The topological polar surface area (TPSA) is 30.7 Å². The maximum atomic E-state index is 4.06. The predicted molar refractivity (Wildman–Crippen MR) is 67.0 cm³/mol. The van der Waals surface area contributed by atoms with Gasteiger partial charge in [0, 0.05) is 33.8 Å². The number of aryl methyl sites for hydroxylation is 1. The molecule has 0 amide bonds. The molecule has 0 aromatic carbocycles. The van der Waals surface area contributed by atoms with Crippen LogP contribution in [0.3, 0.4) is 0 Å². The van der Waals surface area contributed by atoms with Gasteiger partial charge in [0.05, 0.1) is 5.69 Å². The SMILES string of the molecule is [CH2-]Cc1cn(CCCCCC(C)(C)C)nn1.[W]. The molecule has 0 aliphatic carbocycles. The molecule has 4 heteroatoms. The van der Waals surface area contributed by atoms with E-state index in [0.717, 1.165) is 18.7 Å². The van der Waals surface area contributed by atoms with E-state index in [1.54, 1.807) is 0 Å². The van der Waals surface area contributed by atoms with Crippen LogP contribution in [-0.2, 0) is 34.0 Å². The van der Waals surface area contributed by atoms with Crippen molar-refractivity contribution in [1.82, 2.24) is 15.0 Å². The molecule has 0 atom stereocenters. The summed E-state index contributed by atoms with van der Waals surface area (Å²) < 4.78 is 1.93. The van der Waals surface area contributed by atoms with Crippen LogP contribution < -0.4 is 0 Å². The van der Waals surface area contributed by atoms with Crippen LogP contribution >= 0.6 is 0 Å². The Morgan fingerprint density at radius 1 is 1.24 bits per heavy atom. The molecular weight excluding hydrogens is 382 g/mol. The minimum absolute atomic E-state index is 0. The Balaban J connectivity index is 0.00000256. The fourth-order valence-electron chi connectivity index (χ4n) is 1.67. The number of hydrogen-bond acceptors (Lipinski definition) is 2. The minimum Gasteiger partial charge on any atom is -0.337 e. The molecular formula is C13H24N3W-. The molecule has 1 rings (SSSR count). The van der Waals surface area contributed by atoms with Gasteiger partial charge in [0.15, 0.2) is 0 Å². The Hall–Kier alpha value is -0.172. The smallest absolute Gasteiger partial charge is 0.0530 e. The fraction of sp³-hybridized carbons (Fsp3) is 0.769. The maximum Gasteiger partial charge on any atom is 0.0530 e. The average Bonchev–Trinajstić information content (AvgIpc) is 2.63. The fourth-order valence-corrected chi connectivity index (χ4v) is 1.67. The van der Waals surface area contributed by atoms with Gasteiger partial charge in [0.25, 0.3) is 0 Å². The zero-order valence-corrected chi connectivity index (χ0v) is 14.2. The van der Waals surface area contributed by atoms with Crippen LogP contribution in [0.1, 0.15) is 52.1 Å². The number of rotatable bonds is 6. The van der Waals surface area contributed by atoms with Crippen molar-refractivity contribution >= 4 is 0 Å². The second-order valence-corrected chi connectivity index (χ2v) is 5.59. The molecule has 3 nitrogen and oxygen atoms in total. The summed E-state index contributed by atoms with van der Waals surface area (Å²) >= 11 is 0. The van der Waals surface area contributed by atoms with Crippen LogP contribution in [0.2, 0.25) is 0 Å². The second-order valence-electron chi connectivity index (χ2n) is 5.59. The summed E-state index contributed by atoms with van der Waals surface area (Å²) in [6.45, 7) is 11.7. The second kappa shape index (κ2) is 8.02. The third kappa shape index (κ3) is 7.70. The first kappa shape index (κ1) is 16.8. The van der Waals surface area contributed by atoms with Crippen LogP contribution in [0.25, 0.3) is 0 Å². The van der Waals surface area contributed by atoms with Crippen molar-refractivity contribution in [3.63, 3.8) is 0 Å². The summed E-state index contributed by atoms with van der Waals surface area (Å²) in [6, 6.07) is 0. The summed E-state index contributed by atoms with van der Waals surface area (Å²) in [5.41, 5.74) is 1.45. The Kier molecular flexibility index (Phi) is 7.94. The predicted octanol–water partition coefficient (Wildman–Crippen LogP) is 3.26. The van der Waals surface area contributed by atoms with Crippen LogP contribution in [0.15, 0.2) is 6.20 Å². The van der Waals surface area contributed by atoms with Gasteiger partial charge in [-0.2, -0.15) is 0 Å². The first-order valence-corrected chi connectivity index (χ1v) is 6.19. The van der Waals surface area contributed by atoms with Crippen molar-refractivity contribution in [3.05, 3.63) is 18.8 Å². The van der Waals surface area contributed by atoms with Gasteiger partial charge in [-0.1, -0.05) is 38.8 Å². The van der Waals surface area contributed by atoms with E-state index in [1.807, 2.05) is 10.9 Å². The number of hydrogen-bond donors (Lipinski definition) is 0. The Morgan fingerprint density at radius 2 is 1.94 bits per heavy atom. The summed E-state index contributed by atoms with van der Waals surface area (Å²) in [7, 11) is 0. The van der Waals surface area contributed by atoms with Crippen molar-refractivity contribution in [3.8, 4) is 0 Å². The van der Waals surface area contributed by atoms with E-state index in [-0.39, 0.29) is 21.1 Å². The van der Waals surface area contributed by atoms with Gasteiger partial charge >= 0.3 is 0 Å². The molecule has 98 valence electrons. The van der Waals surface area contributed by atoms with Crippen LogP contribution in [0, 0.1) is 12.3 Å². The molecule has 1 aromatic rings. The van der Waals surface area contributed by atoms with E-state index in [1.165, 1.54) is 25.7 Å². The van der Waals surface area contributed by atoms with E-state index in [0.29, 0.717) is 5.41 Å². The van der Waals surface area contributed by atoms with Gasteiger partial charge in [0.1, 0.15) is 0 Å². The van der Waals surface area contributed by atoms with Gasteiger partial charge in [0.2, 0.25) is 0 Å². The van der Waals surface area contributed by atoms with E-state index in [4.69, 9.17) is 0 Å². The quantitative estimate of drug-likeness (QED) is 0.537. The van der Waals surface area contributed by atoms with Gasteiger partial charge in [-0.15, -0.1) is 11.5 Å². The molecule has 0 fully saturated rings. The molecule has 0 radical (unpaired) electrons. The molecule has 0 saturated carbocycles. The van der Waals surface area contributed by atoms with Gasteiger partial charge in [-0.25, -0.2) is 0 Å². The van der Waals surface area contributed by atoms with Crippen molar-refractivity contribution in [2.24, 2.45) is 5.41 Å². The molecule has 17 heavy (non-hydrogen) atoms. The number of nitrogens with zero attached hydrogens (tertiary/aromatic N) is 3. The summed E-state index contributed by atoms with van der Waals surface area (Å²) in [4.78, 5) is 0. The molecule has 0 saturated heterocycles. The Morgan fingerprint density at radius 3 is 2.47 bits per heavy atom. The minimum atomic E-state index is 0. The molecule has 0 unspecified atom stereocenters. The first-order chi connectivity index (χ1) is 7.51. The van der Waals surface area contributed by atoms with Crippen molar-refractivity contribution in [2.75, 3.05) is 0 Å². The summed E-state index contributed by atoms with van der Waals surface area (Å²) in [5.74, 6) is 0. The van der Waals surface area contributed by atoms with Gasteiger partial charge in [-0.05, 0) is 18.3 Å². The molecule has 0 N–H and O–H groups in total. The van der Waals surface area contributed by atoms with Crippen molar-refractivity contribution in [2.45, 2.75) is 59.4 Å². The van der Waals surface area contributed by atoms with Gasteiger partial charge in [-0.3, -0.25) is 4.68 Å².